The molecule has 0 radical (unpaired) electrons. The van der Waals surface area contributed by atoms with E-state index in [1.165, 1.54) is 11.3 Å². The van der Waals surface area contributed by atoms with Gasteiger partial charge in [-0.25, -0.2) is 4.79 Å². The van der Waals surface area contributed by atoms with E-state index in [0.29, 0.717) is 5.41 Å². The van der Waals surface area contributed by atoms with Crippen molar-refractivity contribution in [3.05, 3.63) is 29.8 Å². The van der Waals surface area contributed by atoms with Crippen LogP contribution in [0, 0.1) is 5.41 Å². The maximum Gasteiger partial charge on any atom is 0.319 e. The molecule has 1 saturated heterocycles. The van der Waals surface area contributed by atoms with Crippen molar-refractivity contribution in [1.82, 2.24) is 9.80 Å². The summed E-state index contributed by atoms with van der Waals surface area (Å²) in [6.45, 7) is 9.18. The van der Waals surface area contributed by atoms with Crippen LogP contribution in [-0.4, -0.2) is 65.8 Å². The Morgan fingerprint density at radius 2 is 1.66 bits per heavy atom. The molecule has 2 amide bonds. The molecule has 5 heteroatoms. The van der Waals surface area contributed by atoms with Crippen LogP contribution in [0.3, 0.4) is 0 Å². The van der Waals surface area contributed by atoms with Crippen molar-refractivity contribution in [2.24, 2.45) is 5.41 Å². The maximum atomic E-state index is 12.6. The molecule has 29 heavy (non-hydrogen) atoms. The molecule has 4 rings (SSSR count). The van der Waals surface area contributed by atoms with Gasteiger partial charge in [-0.1, -0.05) is 18.2 Å². The first kappa shape index (κ1) is 20.5. The zero-order valence-electron chi connectivity index (χ0n) is 18.2. The van der Waals surface area contributed by atoms with Crippen LogP contribution in [0.4, 0.5) is 10.5 Å². The Labute approximate surface area is 175 Å². The monoisotopic (exact) mass is 399 g/mol. The number of anilines is 1. The summed E-state index contributed by atoms with van der Waals surface area (Å²) in [5.41, 5.74) is 2.48. The SMILES string of the molecule is CCN(CC)C(=O)N1CCC2(CC1)CCC(O)(CN1CCc3ccccc31)CC2. The van der Waals surface area contributed by atoms with Gasteiger partial charge < -0.3 is 19.8 Å². The van der Waals surface area contributed by atoms with Crippen molar-refractivity contribution in [2.45, 2.75) is 64.4 Å². The first-order chi connectivity index (χ1) is 14.0. The molecule has 2 heterocycles. The van der Waals surface area contributed by atoms with Gasteiger partial charge in [-0.15, -0.1) is 0 Å². The predicted molar refractivity (Wildman–Crippen MR) is 117 cm³/mol. The molecule has 2 fully saturated rings. The van der Waals surface area contributed by atoms with Crippen LogP contribution in [0.25, 0.3) is 0 Å². The van der Waals surface area contributed by atoms with Crippen LogP contribution < -0.4 is 4.90 Å². The van der Waals surface area contributed by atoms with Crippen molar-refractivity contribution in [3.8, 4) is 0 Å². The predicted octanol–water partition coefficient (Wildman–Crippen LogP) is 3.90. The quantitative estimate of drug-likeness (QED) is 0.835. The number of hydrogen-bond donors (Lipinski definition) is 1. The number of likely N-dealkylation sites (tertiary alicyclic amines) is 1. The fourth-order valence-electron chi connectivity index (χ4n) is 5.70. The van der Waals surface area contributed by atoms with E-state index in [-0.39, 0.29) is 6.03 Å². The lowest BCUT2D eigenvalue weighted by Crippen LogP contribution is -2.52. The van der Waals surface area contributed by atoms with Crippen molar-refractivity contribution >= 4 is 11.7 Å². The van der Waals surface area contributed by atoms with Crippen LogP contribution in [0.1, 0.15) is 57.9 Å². The average molecular weight is 400 g/mol. The average Bonchev–Trinajstić information content (AvgIpc) is 3.15. The summed E-state index contributed by atoms with van der Waals surface area (Å²) in [5.74, 6) is 0. The van der Waals surface area contributed by atoms with E-state index in [9.17, 15) is 9.90 Å². The number of carbonyl (C=O) groups is 1. The summed E-state index contributed by atoms with van der Waals surface area (Å²) in [6.07, 6.45) is 7.21. The second-order valence-electron chi connectivity index (χ2n) is 9.47. The topological polar surface area (TPSA) is 47.0 Å². The van der Waals surface area contributed by atoms with Gasteiger partial charge in [0, 0.05) is 45.0 Å². The Morgan fingerprint density at radius 3 is 2.31 bits per heavy atom. The van der Waals surface area contributed by atoms with Crippen molar-refractivity contribution < 1.29 is 9.90 Å². The number of para-hydroxylation sites is 1. The number of piperidine rings is 1. The summed E-state index contributed by atoms with van der Waals surface area (Å²) < 4.78 is 0. The molecule has 0 bridgehead atoms. The third-order valence-electron chi connectivity index (χ3n) is 7.84. The van der Waals surface area contributed by atoms with Gasteiger partial charge in [0.1, 0.15) is 0 Å². The lowest BCUT2D eigenvalue weighted by Gasteiger charge is -2.49. The minimum atomic E-state index is -0.573. The molecule has 1 aliphatic carbocycles. The highest BCUT2D eigenvalue weighted by atomic mass is 16.3. The molecule has 0 atom stereocenters. The molecule has 160 valence electrons. The van der Waals surface area contributed by atoms with Gasteiger partial charge >= 0.3 is 6.03 Å². The number of amides is 2. The van der Waals surface area contributed by atoms with Crippen molar-refractivity contribution in [1.29, 1.82) is 0 Å². The second kappa shape index (κ2) is 8.17. The molecule has 1 spiro atoms. The Morgan fingerprint density at radius 1 is 1.00 bits per heavy atom. The Bertz CT molecular complexity index is 713. The Kier molecular flexibility index (Phi) is 5.78. The highest BCUT2D eigenvalue weighted by Gasteiger charge is 2.45. The molecular weight excluding hydrogens is 362 g/mol. The number of aliphatic hydroxyl groups is 1. The first-order valence-corrected chi connectivity index (χ1v) is 11.6. The smallest absolute Gasteiger partial charge is 0.319 e. The van der Waals surface area contributed by atoms with Gasteiger partial charge in [0.05, 0.1) is 5.60 Å². The van der Waals surface area contributed by atoms with E-state index in [0.717, 1.165) is 84.2 Å². The molecule has 3 aliphatic rings. The Hall–Kier alpha value is -1.75. The van der Waals surface area contributed by atoms with Gasteiger partial charge in [-0.2, -0.15) is 0 Å². The maximum absolute atomic E-state index is 12.6. The minimum absolute atomic E-state index is 0.199. The number of hydrogen-bond acceptors (Lipinski definition) is 3. The van der Waals surface area contributed by atoms with Gasteiger partial charge in [-0.05, 0) is 75.8 Å². The molecule has 1 N–H and O–H groups in total. The highest BCUT2D eigenvalue weighted by Crippen LogP contribution is 2.48. The largest absolute Gasteiger partial charge is 0.388 e. The molecule has 1 aromatic carbocycles. The van der Waals surface area contributed by atoms with Crippen molar-refractivity contribution in [3.63, 3.8) is 0 Å². The Balaban J connectivity index is 1.31. The van der Waals surface area contributed by atoms with E-state index in [2.05, 4.69) is 29.2 Å². The summed E-state index contributed by atoms with van der Waals surface area (Å²) >= 11 is 0. The summed E-state index contributed by atoms with van der Waals surface area (Å²) in [7, 11) is 0. The lowest BCUT2D eigenvalue weighted by molar-refractivity contribution is -0.0441. The molecular formula is C24H37N3O2. The van der Waals surface area contributed by atoms with Crippen molar-refractivity contribution in [2.75, 3.05) is 44.2 Å². The van der Waals surface area contributed by atoms with Gasteiger partial charge in [0.25, 0.3) is 0 Å². The molecule has 1 aromatic rings. The van der Waals surface area contributed by atoms with Crippen LogP contribution in [-0.2, 0) is 6.42 Å². The summed E-state index contributed by atoms with van der Waals surface area (Å²) in [4.78, 5) is 19.0. The zero-order valence-corrected chi connectivity index (χ0v) is 18.2. The molecule has 0 unspecified atom stereocenters. The number of rotatable bonds is 4. The highest BCUT2D eigenvalue weighted by molar-refractivity contribution is 5.74. The van der Waals surface area contributed by atoms with E-state index in [1.807, 2.05) is 23.6 Å². The van der Waals surface area contributed by atoms with Gasteiger partial charge in [-0.3, -0.25) is 0 Å². The number of carbonyl (C=O) groups excluding carboxylic acids is 1. The minimum Gasteiger partial charge on any atom is -0.388 e. The summed E-state index contributed by atoms with van der Waals surface area (Å²) in [5, 5.41) is 11.3. The summed E-state index contributed by atoms with van der Waals surface area (Å²) in [6, 6.07) is 8.81. The van der Waals surface area contributed by atoms with Gasteiger partial charge in [0.2, 0.25) is 0 Å². The second-order valence-corrected chi connectivity index (χ2v) is 9.47. The molecule has 5 nitrogen and oxygen atoms in total. The van der Waals surface area contributed by atoms with E-state index in [1.54, 1.807) is 0 Å². The zero-order chi connectivity index (χ0) is 20.5. The van der Waals surface area contributed by atoms with Crippen LogP contribution in [0.15, 0.2) is 24.3 Å². The lowest BCUT2D eigenvalue weighted by atomic mass is 9.64. The fraction of sp³-hybridized carbons (Fsp3) is 0.708. The molecule has 2 aliphatic heterocycles. The van der Waals surface area contributed by atoms with E-state index < -0.39 is 5.60 Å². The fourth-order valence-corrected chi connectivity index (χ4v) is 5.70. The van der Waals surface area contributed by atoms with Crippen LogP contribution in [0.5, 0.6) is 0 Å². The van der Waals surface area contributed by atoms with E-state index in [4.69, 9.17) is 0 Å². The van der Waals surface area contributed by atoms with Crippen LogP contribution in [0.2, 0.25) is 0 Å². The molecule has 1 saturated carbocycles. The normalized spacial score (nSPS) is 22.6. The number of β-amino-alcohol motifs (C(OH)–C–C–N with tert-alkyl or cyclic N) is 1. The number of fused-ring (bicyclic) bond motifs is 1. The number of urea groups is 1. The van der Waals surface area contributed by atoms with Crippen LogP contribution >= 0.6 is 0 Å². The molecule has 0 aromatic heterocycles. The number of benzene rings is 1. The third-order valence-corrected chi connectivity index (χ3v) is 7.84. The first-order valence-electron chi connectivity index (χ1n) is 11.6. The number of nitrogens with zero attached hydrogens (tertiary/aromatic N) is 3. The third kappa shape index (κ3) is 4.11. The standard InChI is InChI=1S/C24H37N3O2/c1-3-25(4-2)22(28)26-17-14-23(15-18-26)10-12-24(29,13-11-23)19-27-16-9-20-7-5-6-8-21(20)27/h5-8,29H,3-4,9-19H2,1-2H3. The van der Waals surface area contributed by atoms with E-state index >= 15 is 0 Å². The van der Waals surface area contributed by atoms with Gasteiger partial charge in [0.15, 0.2) is 0 Å².